The van der Waals surface area contributed by atoms with E-state index in [-0.39, 0.29) is 42.9 Å². The molecule has 1 aromatic carbocycles. The van der Waals surface area contributed by atoms with Crippen molar-refractivity contribution in [3.8, 4) is 11.6 Å². The molecule has 0 saturated heterocycles. The fourth-order valence-corrected chi connectivity index (χ4v) is 2.94. The first-order chi connectivity index (χ1) is 15.2. The molecule has 3 aromatic rings. The molecule has 0 unspecified atom stereocenters. The highest BCUT2D eigenvalue weighted by Crippen LogP contribution is 2.37. The summed E-state index contributed by atoms with van der Waals surface area (Å²) >= 11 is 0. The summed E-state index contributed by atoms with van der Waals surface area (Å²) in [5.41, 5.74) is 1.39. The number of nitrogens with one attached hydrogen (secondary N) is 2. The molecule has 2 heterocycles. The van der Waals surface area contributed by atoms with E-state index in [1.54, 1.807) is 24.3 Å². The molecule has 0 aliphatic carbocycles. The Labute approximate surface area is 182 Å². The number of nitrogens with zero attached hydrogens (tertiary/aromatic N) is 3. The molecule has 3 rings (SSSR count). The predicted molar refractivity (Wildman–Crippen MR) is 112 cm³/mol. The number of hydrogen-bond acceptors (Lipinski definition) is 8. The van der Waals surface area contributed by atoms with Crippen LogP contribution in [-0.4, -0.2) is 49.6 Å². The zero-order chi connectivity index (χ0) is 23.1. The number of hydrogen-bond donors (Lipinski definition) is 4. The van der Waals surface area contributed by atoms with Crippen LogP contribution in [0.15, 0.2) is 42.6 Å². The topological polar surface area (TPSA) is 173 Å². The third kappa shape index (κ3) is 6.71. The zero-order valence-electron chi connectivity index (χ0n) is 16.9. The molecule has 13 heteroatoms. The molecule has 2 amide bonds. The fourth-order valence-electron chi connectivity index (χ4n) is 2.56. The summed E-state index contributed by atoms with van der Waals surface area (Å²) in [5.74, 6) is -0.856. The Morgan fingerprint density at radius 3 is 2.34 bits per heavy atom. The van der Waals surface area contributed by atoms with Gasteiger partial charge in [0.2, 0.25) is 11.8 Å². The fraction of sp³-hybridized carbons (Fsp3) is 0.211. The number of carbonyl (C=O) groups excluding carboxylic acids is 2. The van der Waals surface area contributed by atoms with Crippen LogP contribution in [0.2, 0.25) is 0 Å². The van der Waals surface area contributed by atoms with E-state index in [2.05, 4.69) is 30.1 Å². The summed E-state index contributed by atoms with van der Waals surface area (Å²) < 4.78 is 21.0. The second-order valence-electron chi connectivity index (χ2n) is 6.46. The summed E-state index contributed by atoms with van der Waals surface area (Å²) in [7, 11) is -4.68. The molecule has 0 aliphatic rings. The maximum absolute atomic E-state index is 12.6. The van der Waals surface area contributed by atoms with E-state index in [1.807, 2.05) is 0 Å². The number of pyridine rings is 1. The van der Waals surface area contributed by atoms with E-state index in [9.17, 15) is 14.2 Å². The molecule has 32 heavy (non-hydrogen) atoms. The summed E-state index contributed by atoms with van der Waals surface area (Å²) in [5, 5.41) is 5.22. The molecule has 12 nitrogen and oxygen atoms in total. The Morgan fingerprint density at radius 2 is 1.72 bits per heavy atom. The molecule has 4 N–H and O–H groups in total. The second kappa shape index (κ2) is 10.1. The number of amides is 2. The third-order valence-corrected chi connectivity index (χ3v) is 4.37. The van der Waals surface area contributed by atoms with Gasteiger partial charge in [0.1, 0.15) is 12.4 Å². The van der Waals surface area contributed by atoms with Gasteiger partial charge < -0.3 is 19.9 Å². The van der Waals surface area contributed by atoms with Crippen molar-refractivity contribution >= 4 is 30.7 Å². The van der Waals surface area contributed by atoms with Gasteiger partial charge in [0, 0.05) is 20.0 Å². The van der Waals surface area contributed by atoms with Gasteiger partial charge in [-0.25, -0.2) is 14.5 Å². The minimum atomic E-state index is -4.68. The first kappa shape index (κ1) is 23.1. The van der Waals surface area contributed by atoms with Crippen LogP contribution in [-0.2, 0) is 16.0 Å². The van der Waals surface area contributed by atoms with E-state index < -0.39 is 13.7 Å². The van der Waals surface area contributed by atoms with Gasteiger partial charge in [0.15, 0.2) is 5.69 Å². The third-order valence-electron chi connectivity index (χ3n) is 3.92. The van der Waals surface area contributed by atoms with Crippen LogP contribution in [0.25, 0.3) is 11.0 Å². The minimum Gasteiger partial charge on any atom is -0.469 e. The Kier molecular flexibility index (Phi) is 7.31. The maximum Gasteiger partial charge on any atom is 0.524 e. The number of fused-ring (bicyclic) bond motifs is 1. The van der Waals surface area contributed by atoms with E-state index in [0.717, 1.165) is 6.20 Å². The van der Waals surface area contributed by atoms with Gasteiger partial charge in [-0.05, 0) is 24.3 Å². The SMILES string of the molecule is CC(=O)NCCNC(=O)c1nc2ccccc2nc1OCc1ccc(OP(=O)(O)O)cn1. The predicted octanol–water partition coefficient (Wildman–Crippen LogP) is 0.941. The van der Waals surface area contributed by atoms with Crippen LogP contribution in [0.1, 0.15) is 23.1 Å². The molecular formula is C19H20N5O7P. The molecule has 168 valence electrons. The lowest BCUT2D eigenvalue weighted by Crippen LogP contribution is -2.34. The number of rotatable bonds is 9. The molecule has 2 aromatic heterocycles. The molecule has 0 radical (unpaired) electrons. The summed E-state index contributed by atoms with van der Waals surface area (Å²) in [6.07, 6.45) is 1.14. The summed E-state index contributed by atoms with van der Waals surface area (Å²) in [6.45, 7) is 1.73. The highest BCUT2D eigenvalue weighted by Gasteiger charge is 2.19. The molecule has 0 spiro atoms. The van der Waals surface area contributed by atoms with Crippen molar-refractivity contribution < 1.29 is 33.2 Å². The molecule has 0 fully saturated rings. The summed E-state index contributed by atoms with van der Waals surface area (Å²) in [6, 6.07) is 9.75. The average molecular weight is 461 g/mol. The van der Waals surface area contributed by atoms with Crippen LogP contribution in [0, 0.1) is 0 Å². The Hall–Kier alpha value is -3.60. The normalized spacial score (nSPS) is 11.1. The number of carbonyl (C=O) groups is 2. The van der Waals surface area contributed by atoms with E-state index >= 15 is 0 Å². The Balaban J connectivity index is 1.75. The van der Waals surface area contributed by atoms with Gasteiger partial charge in [0.25, 0.3) is 5.91 Å². The van der Waals surface area contributed by atoms with Crippen molar-refractivity contribution in [1.29, 1.82) is 0 Å². The van der Waals surface area contributed by atoms with Crippen molar-refractivity contribution in [2.75, 3.05) is 13.1 Å². The quantitative estimate of drug-likeness (QED) is 0.265. The largest absolute Gasteiger partial charge is 0.524 e. The van der Waals surface area contributed by atoms with Gasteiger partial charge >= 0.3 is 7.82 Å². The standard InChI is InChI=1S/C19H20N5O7P/c1-12(25)20-8-9-21-18(26)17-19(24-16-5-3-2-4-15(16)23-17)30-11-13-6-7-14(10-22-13)31-32(27,28)29/h2-7,10H,8-9,11H2,1H3,(H,20,25)(H,21,26)(H2,27,28,29). The number of benzene rings is 1. The minimum absolute atomic E-state index is 0.0157. The van der Waals surface area contributed by atoms with Crippen LogP contribution in [0.4, 0.5) is 0 Å². The van der Waals surface area contributed by atoms with Gasteiger partial charge in [-0.1, -0.05) is 12.1 Å². The number of ether oxygens (including phenoxy) is 1. The number of aromatic nitrogens is 3. The van der Waals surface area contributed by atoms with Crippen LogP contribution < -0.4 is 19.9 Å². The highest BCUT2D eigenvalue weighted by molar-refractivity contribution is 7.46. The maximum atomic E-state index is 12.6. The van der Waals surface area contributed by atoms with Crippen molar-refractivity contribution in [3.05, 3.63) is 54.0 Å². The van der Waals surface area contributed by atoms with Gasteiger partial charge in [0.05, 0.1) is 22.9 Å². The van der Waals surface area contributed by atoms with Gasteiger partial charge in [-0.15, -0.1) is 0 Å². The lowest BCUT2D eigenvalue weighted by Gasteiger charge is -2.12. The molecule has 0 saturated carbocycles. The van der Waals surface area contributed by atoms with Crippen molar-refractivity contribution in [2.24, 2.45) is 0 Å². The number of phosphoric acid groups is 1. The lowest BCUT2D eigenvalue weighted by molar-refractivity contribution is -0.118. The van der Waals surface area contributed by atoms with E-state index in [4.69, 9.17) is 14.5 Å². The zero-order valence-corrected chi connectivity index (χ0v) is 17.8. The molecule has 0 aliphatic heterocycles. The Bertz CT molecular complexity index is 1170. The van der Waals surface area contributed by atoms with E-state index in [0.29, 0.717) is 16.7 Å². The monoisotopic (exact) mass is 461 g/mol. The average Bonchev–Trinajstić information content (AvgIpc) is 2.74. The lowest BCUT2D eigenvalue weighted by atomic mass is 10.3. The van der Waals surface area contributed by atoms with E-state index in [1.165, 1.54) is 19.1 Å². The smallest absolute Gasteiger partial charge is 0.469 e. The van der Waals surface area contributed by atoms with Crippen LogP contribution in [0.5, 0.6) is 11.6 Å². The number of para-hydroxylation sites is 2. The van der Waals surface area contributed by atoms with Crippen molar-refractivity contribution in [1.82, 2.24) is 25.6 Å². The van der Waals surface area contributed by atoms with Crippen molar-refractivity contribution in [3.63, 3.8) is 0 Å². The van der Waals surface area contributed by atoms with Crippen LogP contribution in [0.3, 0.4) is 0 Å². The first-order valence-electron chi connectivity index (χ1n) is 9.33. The second-order valence-corrected chi connectivity index (χ2v) is 7.62. The molecule has 0 atom stereocenters. The summed E-state index contributed by atoms with van der Waals surface area (Å²) in [4.78, 5) is 54.0. The van der Waals surface area contributed by atoms with Crippen LogP contribution >= 0.6 is 7.82 Å². The first-order valence-corrected chi connectivity index (χ1v) is 10.9. The Morgan fingerprint density at radius 1 is 1.03 bits per heavy atom. The molecule has 0 bridgehead atoms. The van der Waals surface area contributed by atoms with Crippen molar-refractivity contribution in [2.45, 2.75) is 13.5 Å². The number of phosphoric ester groups is 1. The molecular weight excluding hydrogens is 441 g/mol. The van der Waals surface area contributed by atoms with Gasteiger partial charge in [-0.3, -0.25) is 24.4 Å². The highest BCUT2D eigenvalue weighted by atomic mass is 31.2. The van der Waals surface area contributed by atoms with Gasteiger partial charge in [-0.2, -0.15) is 0 Å².